The normalized spacial score (nSPS) is 37.1. The van der Waals surface area contributed by atoms with E-state index >= 15 is 0 Å². The summed E-state index contributed by atoms with van der Waals surface area (Å²) in [6.45, 7) is 15.6. The summed E-state index contributed by atoms with van der Waals surface area (Å²) in [6, 6.07) is 0. The summed E-state index contributed by atoms with van der Waals surface area (Å²) in [7, 11) is 0. The summed E-state index contributed by atoms with van der Waals surface area (Å²) in [5.74, 6) is 0.504. The Morgan fingerprint density at radius 1 is 1.33 bits per heavy atom. The third-order valence-corrected chi connectivity index (χ3v) is 4.92. The van der Waals surface area contributed by atoms with Gasteiger partial charge in [0, 0.05) is 43.1 Å². The minimum absolute atomic E-state index is 0.0504. The van der Waals surface area contributed by atoms with Crippen LogP contribution in [0.3, 0.4) is 0 Å². The van der Waals surface area contributed by atoms with Gasteiger partial charge in [0.1, 0.15) is 0 Å². The average molecular weight is 250 g/mol. The topological polar surface area (TPSA) is 38.5 Å². The van der Waals surface area contributed by atoms with E-state index in [9.17, 15) is 0 Å². The Morgan fingerprint density at radius 2 is 1.94 bits per heavy atom. The van der Waals surface area contributed by atoms with Gasteiger partial charge in [-0.1, -0.05) is 26.0 Å². The van der Waals surface area contributed by atoms with Crippen LogP contribution in [0.15, 0.2) is 25.3 Å². The minimum Gasteiger partial charge on any atom is -0.377 e. The molecule has 1 saturated carbocycles. The molecule has 3 heteroatoms. The number of hydrogen-bond acceptors (Lipinski definition) is 3. The molecule has 0 spiro atoms. The highest BCUT2D eigenvalue weighted by atomic mass is 16.5. The Hall–Kier alpha value is -0.640. The molecule has 102 valence electrons. The monoisotopic (exact) mass is 250 g/mol. The van der Waals surface area contributed by atoms with Gasteiger partial charge in [-0.2, -0.15) is 0 Å². The molecule has 1 aliphatic heterocycles. The van der Waals surface area contributed by atoms with Crippen molar-refractivity contribution in [1.29, 1.82) is 0 Å². The fourth-order valence-electron chi connectivity index (χ4n) is 3.73. The van der Waals surface area contributed by atoms with Crippen LogP contribution in [0.1, 0.15) is 20.3 Å². The van der Waals surface area contributed by atoms with Crippen molar-refractivity contribution in [3.05, 3.63) is 25.3 Å². The second-order valence-electron chi connectivity index (χ2n) is 6.22. The summed E-state index contributed by atoms with van der Waals surface area (Å²) < 4.78 is 5.83. The molecule has 0 radical (unpaired) electrons. The Labute approximate surface area is 111 Å². The zero-order valence-electron chi connectivity index (χ0n) is 11.7. The molecule has 0 amide bonds. The molecular formula is C15H26N2O. The first-order valence-electron chi connectivity index (χ1n) is 6.82. The van der Waals surface area contributed by atoms with Crippen LogP contribution < -0.4 is 5.73 Å². The summed E-state index contributed by atoms with van der Waals surface area (Å²) in [5, 5.41) is 0. The van der Waals surface area contributed by atoms with Crippen molar-refractivity contribution in [2.75, 3.05) is 26.2 Å². The van der Waals surface area contributed by atoms with Gasteiger partial charge in [-0.15, -0.1) is 13.2 Å². The predicted octanol–water partition coefficient (Wildman–Crippen LogP) is 1.80. The molecule has 3 unspecified atom stereocenters. The van der Waals surface area contributed by atoms with Gasteiger partial charge in [-0.25, -0.2) is 0 Å². The van der Waals surface area contributed by atoms with Gasteiger partial charge in [0.2, 0.25) is 0 Å². The summed E-state index contributed by atoms with van der Waals surface area (Å²) in [4.78, 5) is 2.32. The molecule has 2 rings (SSSR count). The molecule has 2 N–H and O–H groups in total. The molecule has 2 fully saturated rings. The third-order valence-electron chi connectivity index (χ3n) is 4.92. The second kappa shape index (κ2) is 4.80. The van der Waals surface area contributed by atoms with Crippen molar-refractivity contribution >= 4 is 0 Å². The Bertz CT molecular complexity index is 329. The molecule has 0 aromatic rings. The van der Waals surface area contributed by atoms with Crippen LogP contribution in [-0.4, -0.2) is 42.8 Å². The molecule has 1 saturated heterocycles. The molecule has 2 aliphatic rings. The highest BCUT2D eigenvalue weighted by Gasteiger charge is 2.67. The summed E-state index contributed by atoms with van der Waals surface area (Å²) in [5.41, 5.74) is 6.63. The van der Waals surface area contributed by atoms with Crippen molar-refractivity contribution in [3.8, 4) is 0 Å². The van der Waals surface area contributed by atoms with Crippen molar-refractivity contribution in [2.45, 2.75) is 31.9 Å². The number of nitrogens with two attached hydrogens (primary N) is 1. The van der Waals surface area contributed by atoms with Gasteiger partial charge in [-0.05, 0) is 6.42 Å². The number of fused-ring (bicyclic) bond motifs is 1. The largest absolute Gasteiger partial charge is 0.377 e. The van der Waals surface area contributed by atoms with E-state index in [1.165, 1.54) is 0 Å². The zero-order chi connectivity index (χ0) is 13.4. The standard InChI is InChI=1S/C15H26N2O/c1-5-8-17(9-6-2)11-15(16)12-7-10-18-13(12)14(15,3)4/h5-6,12-13H,1-2,7-11,16H2,3-4H3. The number of nitrogens with zero attached hydrogens (tertiary/aromatic N) is 1. The first kappa shape index (κ1) is 13.8. The van der Waals surface area contributed by atoms with Crippen LogP contribution in [0, 0.1) is 11.3 Å². The number of hydrogen-bond donors (Lipinski definition) is 1. The quantitative estimate of drug-likeness (QED) is 0.731. The lowest BCUT2D eigenvalue weighted by Crippen LogP contribution is -2.78. The van der Waals surface area contributed by atoms with Crippen molar-refractivity contribution in [2.24, 2.45) is 17.1 Å². The van der Waals surface area contributed by atoms with Gasteiger partial charge < -0.3 is 10.5 Å². The molecule has 0 aromatic carbocycles. The lowest BCUT2D eigenvalue weighted by atomic mass is 9.48. The summed E-state index contributed by atoms with van der Waals surface area (Å²) >= 11 is 0. The Morgan fingerprint density at radius 3 is 2.50 bits per heavy atom. The van der Waals surface area contributed by atoms with Crippen LogP contribution in [0.2, 0.25) is 0 Å². The van der Waals surface area contributed by atoms with Crippen LogP contribution in [0.25, 0.3) is 0 Å². The lowest BCUT2D eigenvalue weighted by molar-refractivity contribution is -0.162. The average Bonchev–Trinajstić information content (AvgIpc) is 2.77. The first-order chi connectivity index (χ1) is 8.47. The fraction of sp³-hybridized carbons (Fsp3) is 0.733. The molecule has 0 aromatic heterocycles. The van der Waals surface area contributed by atoms with E-state index < -0.39 is 0 Å². The van der Waals surface area contributed by atoms with E-state index in [4.69, 9.17) is 10.5 Å². The maximum Gasteiger partial charge on any atom is 0.0691 e. The van der Waals surface area contributed by atoms with E-state index in [-0.39, 0.29) is 11.0 Å². The highest BCUT2D eigenvalue weighted by Crippen LogP contribution is 2.58. The molecule has 1 aliphatic carbocycles. The van der Waals surface area contributed by atoms with Crippen molar-refractivity contribution < 1.29 is 4.74 Å². The lowest BCUT2D eigenvalue weighted by Gasteiger charge is -2.63. The maximum absolute atomic E-state index is 6.74. The van der Waals surface area contributed by atoms with E-state index in [1.54, 1.807) is 0 Å². The molecule has 3 nitrogen and oxygen atoms in total. The van der Waals surface area contributed by atoms with Crippen molar-refractivity contribution in [3.63, 3.8) is 0 Å². The zero-order valence-corrected chi connectivity index (χ0v) is 11.7. The van der Waals surface area contributed by atoms with Crippen LogP contribution in [0.5, 0.6) is 0 Å². The van der Waals surface area contributed by atoms with E-state index in [0.29, 0.717) is 12.0 Å². The SMILES string of the molecule is C=CCN(CC=C)CC1(N)C2CCOC2C1(C)C. The molecule has 0 bridgehead atoms. The van der Waals surface area contributed by atoms with Crippen molar-refractivity contribution in [1.82, 2.24) is 4.90 Å². The summed E-state index contributed by atoms with van der Waals surface area (Å²) in [6.07, 6.45) is 5.31. The van der Waals surface area contributed by atoms with Gasteiger partial charge in [0.15, 0.2) is 0 Å². The second-order valence-corrected chi connectivity index (χ2v) is 6.22. The van der Waals surface area contributed by atoms with Gasteiger partial charge in [0.25, 0.3) is 0 Å². The van der Waals surface area contributed by atoms with Gasteiger partial charge >= 0.3 is 0 Å². The molecule has 3 atom stereocenters. The van der Waals surface area contributed by atoms with Crippen LogP contribution in [0.4, 0.5) is 0 Å². The molecule has 18 heavy (non-hydrogen) atoms. The van der Waals surface area contributed by atoms with Gasteiger partial charge in [0.05, 0.1) is 6.10 Å². The molecular weight excluding hydrogens is 224 g/mol. The fourth-order valence-corrected chi connectivity index (χ4v) is 3.73. The van der Waals surface area contributed by atoms with E-state index in [2.05, 4.69) is 31.9 Å². The van der Waals surface area contributed by atoms with Gasteiger partial charge in [-0.3, -0.25) is 4.90 Å². The van der Waals surface area contributed by atoms with Crippen LogP contribution in [-0.2, 0) is 4.74 Å². The Balaban J connectivity index is 2.10. The smallest absolute Gasteiger partial charge is 0.0691 e. The maximum atomic E-state index is 6.74. The first-order valence-corrected chi connectivity index (χ1v) is 6.82. The van der Waals surface area contributed by atoms with E-state index in [0.717, 1.165) is 32.7 Å². The van der Waals surface area contributed by atoms with Crippen LogP contribution >= 0.6 is 0 Å². The third kappa shape index (κ3) is 1.85. The highest BCUT2D eigenvalue weighted by molar-refractivity contribution is 5.21. The Kier molecular flexibility index (Phi) is 3.67. The molecule has 1 heterocycles. The number of rotatable bonds is 6. The minimum atomic E-state index is -0.153. The van der Waals surface area contributed by atoms with E-state index in [1.807, 2.05) is 12.2 Å². The number of ether oxygens (including phenoxy) is 1. The predicted molar refractivity (Wildman–Crippen MR) is 75.4 cm³/mol.